The average Bonchev–Trinajstić information content (AvgIpc) is 2.94. The van der Waals surface area contributed by atoms with Gasteiger partial charge in [-0.15, -0.1) is 0 Å². The van der Waals surface area contributed by atoms with Crippen molar-refractivity contribution in [2.24, 2.45) is 22.2 Å². The third-order valence-corrected chi connectivity index (χ3v) is 6.76. The number of phenols is 1. The lowest BCUT2D eigenvalue weighted by Crippen LogP contribution is -2.37. The van der Waals surface area contributed by atoms with E-state index in [1.165, 1.54) is 54.3 Å². The number of rotatable bonds is 5. The van der Waals surface area contributed by atoms with E-state index in [9.17, 15) is 5.11 Å². The quantitative estimate of drug-likeness (QED) is 0.647. The van der Waals surface area contributed by atoms with Gasteiger partial charge in [0.2, 0.25) is 0 Å². The van der Waals surface area contributed by atoms with Gasteiger partial charge in [0.15, 0.2) is 0 Å². The van der Waals surface area contributed by atoms with Crippen molar-refractivity contribution in [3.05, 3.63) is 41.5 Å². The number of benzene rings is 2. The Labute approximate surface area is 157 Å². The van der Waals surface area contributed by atoms with Crippen LogP contribution in [0.2, 0.25) is 0 Å². The first-order valence-corrected chi connectivity index (χ1v) is 10.3. The van der Waals surface area contributed by atoms with Crippen LogP contribution in [0.4, 0.5) is 0 Å². The summed E-state index contributed by atoms with van der Waals surface area (Å²) in [5.74, 6) is 1.86. The molecule has 1 heterocycles. The zero-order valence-electron chi connectivity index (χ0n) is 16.4. The third-order valence-electron chi connectivity index (χ3n) is 6.76. The number of aryl methyl sites for hydroxylation is 1. The maximum Gasteiger partial charge on any atom is 0.116 e. The summed E-state index contributed by atoms with van der Waals surface area (Å²) in [6.45, 7) is 8.09. The Hall–Kier alpha value is -1.83. The minimum absolute atomic E-state index is 0.245. The highest BCUT2D eigenvalue weighted by Gasteiger charge is 2.45. The van der Waals surface area contributed by atoms with E-state index in [2.05, 4.69) is 39.0 Å². The number of aliphatic imine (C=N–C) groups is 1. The molecule has 2 aliphatic rings. The molecule has 2 aromatic rings. The Morgan fingerprint density at radius 3 is 2.85 bits per heavy atom. The van der Waals surface area contributed by atoms with Crippen LogP contribution in [0.25, 0.3) is 10.8 Å². The summed E-state index contributed by atoms with van der Waals surface area (Å²) in [5.41, 5.74) is 4.39. The lowest BCUT2D eigenvalue weighted by molar-refractivity contribution is 0.265. The molecule has 138 valence electrons. The molecular weight excluding hydrogens is 318 g/mol. The molecule has 2 atom stereocenters. The van der Waals surface area contributed by atoms with Crippen LogP contribution in [0.5, 0.6) is 5.75 Å². The van der Waals surface area contributed by atoms with Gasteiger partial charge in [-0.2, -0.15) is 0 Å². The highest BCUT2D eigenvalue weighted by molar-refractivity contribution is 6.11. The van der Waals surface area contributed by atoms with E-state index in [0.717, 1.165) is 24.3 Å². The number of hydrogen-bond donors (Lipinski definition) is 1. The summed E-state index contributed by atoms with van der Waals surface area (Å²) in [5, 5.41) is 12.2. The molecule has 1 N–H and O–H groups in total. The van der Waals surface area contributed by atoms with E-state index in [0.29, 0.717) is 11.7 Å². The number of unbranched alkanes of at least 4 members (excludes halogenated alkanes) is 1. The van der Waals surface area contributed by atoms with Crippen LogP contribution in [0.3, 0.4) is 0 Å². The Balaban J connectivity index is 1.58. The second-order valence-electron chi connectivity index (χ2n) is 8.98. The smallest absolute Gasteiger partial charge is 0.116 e. The van der Waals surface area contributed by atoms with Crippen LogP contribution in [0.1, 0.15) is 64.0 Å². The topological polar surface area (TPSA) is 32.6 Å². The molecule has 0 bridgehead atoms. The summed E-state index contributed by atoms with van der Waals surface area (Å²) in [7, 11) is 0. The highest BCUT2D eigenvalue weighted by atomic mass is 16.3. The zero-order valence-corrected chi connectivity index (χ0v) is 16.4. The van der Waals surface area contributed by atoms with Gasteiger partial charge in [-0.1, -0.05) is 58.2 Å². The molecule has 0 radical (unpaired) electrons. The Bertz CT molecular complexity index is 851. The molecular formula is C24H31NO. The predicted molar refractivity (Wildman–Crippen MR) is 110 cm³/mol. The fourth-order valence-electron chi connectivity index (χ4n) is 5.10. The Morgan fingerprint density at radius 2 is 2.04 bits per heavy atom. The number of nitrogens with zero attached hydrogens (tertiary/aromatic N) is 1. The molecule has 4 rings (SSSR count). The molecule has 0 aromatic heterocycles. The van der Waals surface area contributed by atoms with E-state index < -0.39 is 0 Å². The van der Waals surface area contributed by atoms with Crippen molar-refractivity contribution >= 4 is 16.5 Å². The normalized spacial score (nSPS) is 24.6. The van der Waals surface area contributed by atoms with Gasteiger partial charge in [0.05, 0.1) is 0 Å². The highest BCUT2D eigenvalue weighted by Crippen LogP contribution is 2.48. The second kappa shape index (κ2) is 6.72. The fraction of sp³-hybridized carbons (Fsp3) is 0.542. The molecule has 1 aliphatic heterocycles. The van der Waals surface area contributed by atoms with Gasteiger partial charge in [0.25, 0.3) is 0 Å². The van der Waals surface area contributed by atoms with Crippen LogP contribution in [0, 0.1) is 17.3 Å². The van der Waals surface area contributed by atoms with Crippen LogP contribution in [0.15, 0.2) is 35.3 Å². The molecule has 0 amide bonds. The Morgan fingerprint density at radius 1 is 1.19 bits per heavy atom. The predicted octanol–water partition coefficient (Wildman–Crippen LogP) is 6.13. The zero-order chi connectivity index (χ0) is 18.3. The molecule has 2 nitrogen and oxygen atoms in total. The van der Waals surface area contributed by atoms with Gasteiger partial charge < -0.3 is 5.11 Å². The van der Waals surface area contributed by atoms with Crippen LogP contribution in [-0.2, 0) is 6.42 Å². The van der Waals surface area contributed by atoms with E-state index in [4.69, 9.17) is 4.99 Å². The molecule has 0 spiro atoms. The molecule has 0 fully saturated rings. The first-order valence-electron chi connectivity index (χ1n) is 10.3. The summed E-state index contributed by atoms with van der Waals surface area (Å²) in [4.78, 5) is 5.06. The first kappa shape index (κ1) is 17.6. The molecule has 0 saturated carbocycles. The molecule has 0 unspecified atom stereocenters. The molecule has 0 saturated heterocycles. The van der Waals surface area contributed by atoms with Crippen molar-refractivity contribution in [2.75, 3.05) is 6.54 Å². The van der Waals surface area contributed by atoms with Gasteiger partial charge in [0.1, 0.15) is 5.75 Å². The van der Waals surface area contributed by atoms with Gasteiger partial charge in [-0.05, 0) is 65.1 Å². The van der Waals surface area contributed by atoms with Crippen molar-refractivity contribution in [1.82, 2.24) is 0 Å². The maximum absolute atomic E-state index is 9.77. The molecule has 2 aromatic carbocycles. The van der Waals surface area contributed by atoms with Gasteiger partial charge in [-0.3, -0.25) is 4.99 Å². The minimum atomic E-state index is 0.245. The SMILES string of the molecule is CC(C)CCCC[C@H]1CN=C2c3ccc4cc(O)ccc4c3CC[C@@]21C. The Kier molecular flexibility index (Phi) is 4.54. The standard InChI is InChI=1S/C24H31NO/c1-16(2)6-4-5-7-18-15-25-23-22-10-8-17-14-19(26)9-11-20(17)21(22)12-13-24(18,23)3/h8-11,14,16,18,26H,4-7,12-13,15H2,1-3H3/t18-,24+/m0/s1. The monoisotopic (exact) mass is 349 g/mol. The van der Waals surface area contributed by atoms with Crippen molar-refractivity contribution in [3.63, 3.8) is 0 Å². The van der Waals surface area contributed by atoms with Crippen molar-refractivity contribution in [2.45, 2.75) is 59.3 Å². The molecule has 1 aliphatic carbocycles. The van der Waals surface area contributed by atoms with E-state index in [1.54, 1.807) is 0 Å². The van der Waals surface area contributed by atoms with E-state index in [-0.39, 0.29) is 5.41 Å². The average molecular weight is 350 g/mol. The third kappa shape index (κ3) is 2.94. The van der Waals surface area contributed by atoms with Crippen molar-refractivity contribution in [3.8, 4) is 5.75 Å². The lowest BCUT2D eigenvalue weighted by Gasteiger charge is -2.38. The maximum atomic E-state index is 9.77. The van der Waals surface area contributed by atoms with E-state index >= 15 is 0 Å². The van der Waals surface area contributed by atoms with Crippen LogP contribution in [-0.4, -0.2) is 17.4 Å². The van der Waals surface area contributed by atoms with E-state index in [1.807, 2.05) is 12.1 Å². The summed E-state index contributed by atoms with van der Waals surface area (Å²) < 4.78 is 0. The van der Waals surface area contributed by atoms with Crippen LogP contribution < -0.4 is 0 Å². The number of hydrogen-bond acceptors (Lipinski definition) is 2. The van der Waals surface area contributed by atoms with Crippen LogP contribution >= 0.6 is 0 Å². The van der Waals surface area contributed by atoms with Gasteiger partial charge in [0, 0.05) is 17.7 Å². The number of phenolic OH excluding ortho intramolecular Hbond substituents is 1. The first-order chi connectivity index (χ1) is 12.5. The lowest BCUT2D eigenvalue weighted by atomic mass is 9.64. The largest absolute Gasteiger partial charge is 0.508 e. The number of fused-ring (bicyclic) bond motifs is 5. The summed E-state index contributed by atoms with van der Waals surface area (Å²) in [6.07, 6.45) is 7.67. The number of aromatic hydroxyl groups is 1. The van der Waals surface area contributed by atoms with Crippen molar-refractivity contribution in [1.29, 1.82) is 0 Å². The summed E-state index contributed by atoms with van der Waals surface area (Å²) >= 11 is 0. The van der Waals surface area contributed by atoms with Gasteiger partial charge in [-0.25, -0.2) is 0 Å². The molecule has 26 heavy (non-hydrogen) atoms. The van der Waals surface area contributed by atoms with Gasteiger partial charge >= 0.3 is 0 Å². The minimum Gasteiger partial charge on any atom is -0.508 e. The molecule has 2 heteroatoms. The fourth-order valence-corrected chi connectivity index (χ4v) is 5.10. The van der Waals surface area contributed by atoms with Crippen molar-refractivity contribution < 1.29 is 5.11 Å². The second-order valence-corrected chi connectivity index (χ2v) is 8.98. The summed E-state index contributed by atoms with van der Waals surface area (Å²) in [6, 6.07) is 10.2.